The molecule has 0 fully saturated rings. The van der Waals surface area contributed by atoms with E-state index in [1.54, 1.807) is 30.3 Å². The topological polar surface area (TPSA) is 117 Å². The molecule has 0 saturated carbocycles. The Morgan fingerprint density at radius 2 is 1.67 bits per heavy atom. The molecule has 2 aromatic carbocycles. The fourth-order valence-corrected chi connectivity index (χ4v) is 2.22. The van der Waals surface area contributed by atoms with Gasteiger partial charge < -0.3 is 4.52 Å². The Hall–Kier alpha value is -3.97. The Morgan fingerprint density at radius 1 is 1.00 bits per heavy atom. The molecule has 0 atom stereocenters. The number of hydrogen-bond acceptors (Lipinski definition) is 6. The lowest BCUT2D eigenvalue weighted by Gasteiger charge is -1.99. The van der Waals surface area contributed by atoms with Crippen LogP contribution in [0.5, 0.6) is 0 Å². The Balaban J connectivity index is 2.03. The fraction of sp³-hybridized carbons (Fsp3) is 0. The third-order valence-electron chi connectivity index (χ3n) is 3.41. The molecule has 0 aliphatic carbocycles. The van der Waals surface area contributed by atoms with E-state index in [0.29, 0.717) is 22.6 Å². The summed E-state index contributed by atoms with van der Waals surface area (Å²) in [5.41, 5.74) is 1.76. The van der Waals surface area contributed by atoms with Crippen LogP contribution >= 0.6 is 0 Å². The van der Waals surface area contributed by atoms with E-state index < -0.39 is 4.92 Å². The van der Waals surface area contributed by atoms with Crippen molar-refractivity contribution in [2.75, 3.05) is 0 Å². The second kappa shape index (κ2) is 6.03. The first-order chi connectivity index (χ1) is 11.6. The molecule has 3 aromatic rings. The molecule has 3 rings (SSSR count). The summed E-state index contributed by atoms with van der Waals surface area (Å²) < 4.78 is 5.25. The van der Waals surface area contributed by atoms with Crippen LogP contribution in [-0.2, 0) is 0 Å². The van der Waals surface area contributed by atoms with Crippen molar-refractivity contribution in [3.8, 4) is 34.7 Å². The van der Waals surface area contributed by atoms with Gasteiger partial charge in [0.2, 0.25) is 0 Å². The smallest absolute Gasteiger partial charge is 0.280 e. The Morgan fingerprint density at radius 3 is 2.29 bits per heavy atom. The van der Waals surface area contributed by atoms with E-state index in [2.05, 4.69) is 5.16 Å². The molecule has 0 N–H and O–H groups in total. The molecule has 0 saturated heterocycles. The number of nitro benzene ring substituents is 1. The second-order valence-corrected chi connectivity index (χ2v) is 4.87. The number of rotatable bonds is 3. The van der Waals surface area contributed by atoms with Crippen LogP contribution in [0.2, 0.25) is 0 Å². The number of benzene rings is 2. The zero-order chi connectivity index (χ0) is 17.1. The lowest BCUT2D eigenvalue weighted by molar-refractivity contribution is -0.384. The number of nitrogens with zero attached hydrogens (tertiary/aromatic N) is 4. The maximum atomic E-state index is 11.2. The lowest BCUT2D eigenvalue weighted by Crippen LogP contribution is -1.93. The zero-order valence-corrected chi connectivity index (χ0v) is 12.1. The SMILES string of the molecule is N#Cc1ccc(-c2cc(-c3ccc(C#N)cc3[N+](=O)[O-])no2)cc1. The largest absolute Gasteiger partial charge is 0.356 e. The lowest BCUT2D eigenvalue weighted by atomic mass is 10.1. The number of nitriles is 2. The Kier molecular flexibility index (Phi) is 3.76. The van der Waals surface area contributed by atoms with Gasteiger partial charge >= 0.3 is 0 Å². The van der Waals surface area contributed by atoms with Crippen molar-refractivity contribution in [1.29, 1.82) is 10.5 Å². The average Bonchev–Trinajstić information content (AvgIpc) is 3.11. The van der Waals surface area contributed by atoms with Crippen LogP contribution < -0.4 is 0 Å². The molecule has 0 amide bonds. The van der Waals surface area contributed by atoms with E-state index in [9.17, 15) is 10.1 Å². The first kappa shape index (κ1) is 14.9. The summed E-state index contributed by atoms with van der Waals surface area (Å²) in [6.07, 6.45) is 0. The molecule has 0 bridgehead atoms. The zero-order valence-electron chi connectivity index (χ0n) is 12.1. The van der Waals surface area contributed by atoms with E-state index >= 15 is 0 Å². The number of aromatic nitrogens is 1. The first-order valence-electron chi connectivity index (χ1n) is 6.78. The van der Waals surface area contributed by atoms with Crippen molar-refractivity contribution in [1.82, 2.24) is 5.16 Å². The van der Waals surface area contributed by atoms with Crippen molar-refractivity contribution in [3.63, 3.8) is 0 Å². The van der Waals surface area contributed by atoms with Crippen LogP contribution in [0.4, 0.5) is 5.69 Å². The van der Waals surface area contributed by atoms with Crippen LogP contribution in [0.3, 0.4) is 0 Å². The van der Waals surface area contributed by atoms with E-state index in [-0.39, 0.29) is 16.8 Å². The maximum absolute atomic E-state index is 11.2. The van der Waals surface area contributed by atoms with Crippen molar-refractivity contribution in [2.45, 2.75) is 0 Å². The molecule has 7 nitrogen and oxygen atoms in total. The van der Waals surface area contributed by atoms with Crippen LogP contribution in [0.1, 0.15) is 11.1 Å². The van der Waals surface area contributed by atoms with Crippen LogP contribution in [0, 0.1) is 32.8 Å². The number of hydrogen-bond donors (Lipinski definition) is 0. The maximum Gasteiger partial charge on any atom is 0.280 e. The fourth-order valence-electron chi connectivity index (χ4n) is 2.22. The summed E-state index contributed by atoms with van der Waals surface area (Å²) in [7, 11) is 0. The van der Waals surface area contributed by atoms with E-state index in [4.69, 9.17) is 15.0 Å². The molecule has 0 spiro atoms. The second-order valence-electron chi connectivity index (χ2n) is 4.87. The van der Waals surface area contributed by atoms with Crippen LogP contribution in [0.25, 0.3) is 22.6 Å². The highest BCUT2D eigenvalue weighted by molar-refractivity contribution is 5.74. The monoisotopic (exact) mass is 316 g/mol. The average molecular weight is 316 g/mol. The highest BCUT2D eigenvalue weighted by Crippen LogP contribution is 2.32. The van der Waals surface area contributed by atoms with Gasteiger partial charge in [0, 0.05) is 17.7 Å². The Labute approximate surface area is 136 Å². The Bertz CT molecular complexity index is 1010. The molecule has 0 unspecified atom stereocenters. The van der Waals surface area contributed by atoms with Gasteiger partial charge in [-0.3, -0.25) is 10.1 Å². The van der Waals surface area contributed by atoms with Crippen molar-refractivity contribution in [2.24, 2.45) is 0 Å². The predicted molar refractivity (Wildman–Crippen MR) is 83.5 cm³/mol. The van der Waals surface area contributed by atoms with Crippen molar-refractivity contribution < 1.29 is 9.45 Å². The van der Waals surface area contributed by atoms with Crippen molar-refractivity contribution >= 4 is 5.69 Å². The minimum absolute atomic E-state index is 0.196. The van der Waals surface area contributed by atoms with Gasteiger partial charge in [-0.2, -0.15) is 10.5 Å². The van der Waals surface area contributed by atoms with Crippen molar-refractivity contribution in [3.05, 3.63) is 69.8 Å². The van der Waals surface area contributed by atoms with E-state index in [1.807, 2.05) is 12.1 Å². The minimum Gasteiger partial charge on any atom is -0.356 e. The number of nitro groups is 1. The quantitative estimate of drug-likeness (QED) is 0.537. The minimum atomic E-state index is -0.563. The van der Waals surface area contributed by atoms with Crippen LogP contribution in [0.15, 0.2) is 53.1 Å². The van der Waals surface area contributed by atoms with Crippen LogP contribution in [-0.4, -0.2) is 10.1 Å². The molecular formula is C17H8N4O3. The van der Waals surface area contributed by atoms with Gasteiger partial charge in [-0.25, -0.2) is 0 Å². The molecule has 24 heavy (non-hydrogen) atoms. The molecule has 1 aromatic heterocycles. The van der Waals surface area contributed by atoms with Gasteiger partial charge in [-0.05, 0) is 36.4 Å². The molecular weight excluding hydrogens is 308 g/mol. The predicted octanol–water partition coefficient (Wildman–Crippen LogP) is 3.66. The van der Waals surface area contributed by atoms with Gasteiger partial charge in [0.25, 0.3) is 5.69 Å². The summed E-state index contributed by atoms with van der Waals surface area (Å²) in [5, 5.41) is 32.8. The molecule has 0 radical (unpaired) electrons. The van der Waals surface area contributed by atoms with E-state index in [1.165, 1.54) is 18.2 Å². The third-order valence-corrected chi connectivity index (χ3v) is 3.41. The summed E-state index contributed by atoms with van der Waals surface area (Å²) in [5.74, 6) is 0.424. The normalized spacial score (nSPS) is 9.92. The highest BCUT2D eigenvalue weighted by atomic mass is 16.6. The van der Waals surface area contributed by atoms with Gasteiger partial charge in [0.15, 0.2) is 5.76 Å². The standard InChI is InChI=1S/C17H8N4O3/c18-9-11-1-4-13(5-2-11)17-8-15(20-24-17)14-6-3-12(10-19)7-16(14)21(22)23/h1-8H. The highest BCUT2D eigenvalue weighted by Gasteiger charge is 2.20. The molecule has 7 heteroatoms. The van der Waals surface area contributed by atoms with Gasteiger partial charge in [0.05, 0.1) is 33.8 Å². The summed E-state index contributed by atoms with van der Waals surface area (Å²) >= 11 is 0. The molecule has 0 aliphatic rings. The molecule has 1 heterocycles. The van der Waals surface area contributed by atoms with Gasteiger partial charge in [0.1, 0.15) is 5.69 Å². The first-order valence-corrected chi connectivity index (χ1v) is 6.78. The molecule has 0 aliphatic heterocycles. The molecule has 114 valence electrons. The third kappa shape index (κ3) is 2.70. The summed E-state index contributed by atoms with van der Waals surface area (Å²) in [6, 6.07) is 16.3. The van der Waals surface area contributed by atoms with Gasteiger partial charge in [-0.15, -0.1) is 0 Å². The summed E-state index contributed by atoms with van der Waals surface area (Å²) in [4.78, 5) is 10.7. The summed E-state index contributed by atoms with van der Waals surface area (Å²) in [6.45, 7) is 0. The van der Waals surface area contributed by atoms with Gasteiger partial charge in [-0.1, -0.05) is 5.16 Å². The van der Waals surface area contributed by atoms with E-state index in [0.717, 1.165) is 0 Å².